The van der Waals surface area contributed by atoms with Crippen molar-refractivity contribution < 1.29 is 16.8 Å². The van der Waals surface area contributed by atoms with E-state index in [1.807, 2.05) is 18.2 Å². The third-order valence-corrected chi connectivity index (χ3v) is 3.29. The smallest absolute Gasteiger partial charge is 0.221 e. The Balaban J connectivity index is 0.000000280. The molecule has 0 saturated heterocycles. The van der Waals surface area contributed by atoms with Gasteiger partial charge in [0, 0.05) is 12.4 Å². The van der Waals surface area contributed by atoms with E-state index in [4.69, 9.17) is 0 Å². The molecule has 6 nitrogen and oxygen atoms in total. The van der Waals surface area contributed by atoms with Crippen LogP contribution >= 0.6 is 0 Å². The maximum Gasteiger partial charge on any atom is 0.221 e. The van der Waals surface area contributed by atoms with Crippen molar-refractivity contribution in [3.63, 3.8) is 0 Å². The molecule has 86 valence electrons. The molecule has 1 N–H and O–H groups in total. The summed E-state index contributed by atoms with van der Waals surface area (Å²) in [6.45, 7) is 0. The Morgan fingerprint density at radius 1 is 0.867 bits per heavy atom. The maximum atomic E-state index is 10.2. The van der Waals surface area contributed by atoms with Gasteiger partial charge in [0.2, 0.25) is 20.0 Å². The molecule has 0 unspecified atom stereocenters. The Bertz CT molecular complexity index is 410. The van der Waals surface area contributed by atoms with Gasteiger partial charge >= 0.3 is 0 Å². The summed E-state index contributed by atoms with van der Waals surface area (Å²) in [5.74, 6) is 0. The first-order valence-corrected chi connectivity index (χ1v) is 7.52. The van der Waals surface area contributed by atoms with Gasteiger partial charge in [-0.05, 0) is 12.1 Å². The molecule has 0 radical (unpaired) electrons. The van der Waals surface area contributed by atoms with Crippen LogP contribution in [0, 0.1) is 0 Å². The fraction of sp³-hybridized carbons (Fsp3) is 0.286. The molecule has 1 aromatic rings. The second-order valence-corrected chi connectivity index (χ2v) is 6.41. The van der Waals surface area contributed by atoms with Crippen molar-refractivity contribution in [1.82, 2.24) is 9.11 Å². The summed E-state index contributed by atoms with van der Waals surface area (Å²) >= 11 is 0. The molecule has 0 atom stereocenters. The zero-order valence-electron chi connectivity index (χ0n) is 8.28. The van der Waals surface area contributed by atoms with Crippen molar-refractivity contribution in [1.29, 1.82) is 0 Å². The van der Waals surface area contributed by atoms with E-state index in [-0.39, 0.29) is 0 Å². The van der Waals surface area contributed by atoms with Gasteiger partial charge in [0.05, 0.1) is 12.5 Å². The molecule has 1 heterocycles. The van der Waals surface area contributed by atoms with E-state index in [0.717, 1.165) is 12.5 Å². The molecular formula is C7H12N2O4S2. The molecule has 0 spiro atoms. The fourth-order valence-electron chi connectivity index (χ4n) is 0.588. The summed E-state index contributed by atoms with van der Waals surface area (Å²) < 4.78 is 42.0. The third-order valence-electron chi connectivity index (χ3n) is 0.869. The summed E-state index contributed by atoms with van der Waals surface area (Å²) in [4.78, 5) is 3.78. The molecule has 0 aliphatic heterocycles. The fourth-order valence-corrected chi connectivity index (χ4v) is 2.79. The Hall–Kier alpha value is -0.990. The predicted octanol–water partition coefficient (Wildman–Crippen LogP) is -0.423. The summed E-state index contributed by atoms with van der Waals surface area (Å²) in [6, 6.07) is 5.72. The van der Waals surface area contributed by atoms with Crippen LogP contribution in [0.4, 0.5) is 0 Å². The van der Waals surface area contributed by atoms with Gasteiger partial charge in [-0.1, -0.05) is 6.07 Å². The van der Waals surface area contributed by atoms with Gasteiger partial charge in [0.25, 0.3) is 0 Å². The lowest BCUT2D eigenvalue weighted by molar-refractivity contribution is 0.584. The van der Waals surface area contributed by atoms with Crippen LogP contribution < -0.4 is 4.13 Å². The minimum absolute atomic E-state index is 0.772. The van der Waals surface area contributed by atoms with E-state index < -0.39 is 20.0 Å². The van der Waals surface area contributed by atoms with Gasteiger partial charge in [-0.15, -0.1) is 4.13 Å². The number of hydrogen-bond acceptors (Lipinski definition) is 5. The average Bonchev–Trinajstić information content (AvgIpc) is 2.01. The van der Waals surface area contributed by atoms with Crippen molar-refractivity contribution in [2.45, 2.75) is 0 Å². The Morgan fingerprint density at radius 3 is 1.33 bits per heavy atom. The van der Waals surface area contributed by atoms with E-state index >= 15 is 0 Å². The lowest BCUT2D eigenvalue weighted by Crippen LogP contribution is -2.27. The molecular weight excluding hydrogens is 240 g/mol. The number of aromatic nitrogens is 1. The van der Waals surface area contributed by atoms with Gasteiger partial charge < -0.3 is 0 Å². The number of hydrogen-bond donors (Lipinski definition) is 1. The van der Waals surface area contributed by atoms with Crippen LogP contribution in [0.25, 0.3) is 0 Å². The largest absolute Gasteiger partial charge is 0.265 e. The van der Waals surface area contributed by atoms with Crippen molar-refractivity contribution >= 4 is 20.0 Å². The highest BCUT2D eigenvalue weighted by atomic mass is 32.3. The molecule has 1 aromatic heterocycles. The first kappa shape index (κ1) is 14.0. The van der Waals surface area contributed by atoms with Crippen molar-refractivity contribution in [3.8, 4) is 0 Å². The van der Waals surface area contributed by atoms with Gasteiger partial charge in [0.15, 0.2) is 0 Å². The summed E-state index contributed by atoms with van der Waals surface area (Å²) in [5.41, 5.74) is 0. The first-order valence-electron chi connectivity index (χ1n) is 3.74. The Kier molecular flexibility index (Phi) is 5.40. The van der Waals surface area contributed by atoms with E-state index in [1.165, 1.54) is 4.13 Å². The van der Waals surface area contributed by atoms with Crippen molar-refractivity contribution in [2.24, 2.45) is 0 Å². The Labute approximate surface area is 89.5 Å². The Morgan fingerprint density at radius 2 is 1.27 bits per heavy atom. The second kappa shape index (κ2) is 5.79. The molecule has 0 aliphatic carbocycles. The topological polar surface area (TPSA) is 93.2 Å². The van der Waals surface area contributed by atoms with Crippen LogP contribution in [0.5, 0.6) is 0 Å². The van der Waals surface area contributed by atoms with Crippen molar-refractivity contribution in [3.05, 3.63) is 30.6 Å². The van der Waals surface area contributed by atoms with E-state index in [0.29, 0.717) is 0 Å². The molecule has 0 aliphatic rings. The molecule has 0 fully saturated rings. The highest BCUT2D eigenvalue weighted by Crippen LogP contribution is 1.78. The van der Waals surface area contributed by atoms with Crippen LogP contribution in [-0.4, -0.2) is 34.3 Å². The minimum atomic E-state index is -3.62. The zero-order chi connectivity index (χ0) is 11.9. The number of rotatable bonds is 2. The molecule has 1 rings (SSSR count). The molecule has 0 saturated carbocycles. The van der Waals surface area contributed by atoms with E-state index in [1.54, 1.807) is 12.4 Å². The van der Waals surface area contributed by atoms with Crippen LogP contribution in [0.2, 0.25) is 0 Å². The zero-order valence-corrected chi connectivity index (χ0v) is 9.92. The quantitative estimate of drug-likeness (QED) is 0.771. The lowest BCUT2D eigenvalue weighted by atomic mass is 10.5. The first-order chi connectivity index (χ1) is 6.71. The summed E-state index contributed by atoms with van der Waals surface area (Å²) in [5, 5.41) is 0. The number of sulfonamides is 2. The number of nitrogens with one attached hydrogen (secondary N) is 1. The van der Waals surface area contributed by atoms with Crippen molar-refractivity contribution in [2.75, 3.05) is 12.5 Å². The van der Waals surface area contributed by atoms with Crippen LogP contribution in [-0.2, 0) is 20.0 Å². The van der Waals surface area contributed by atoms with E-state index in [2.05, 4.69) is 4.98 Å². The summed E-state index contributed by atoms with van der Waals surface area (Å²) in [7, 11) is -7.24. The molecule has 15 heavy (non-hydrogen) atoms. The molecule has 0 amide bonds. The number of nitrogens with zero attached hydrogens (tertiary/aromatic N) is 1. The average molecular weight is 252 g/mol. The van der Waals surface area contributed by atoms with Crippen LogP contribution in [0.1, 0.15) is 0 Å². The van der Waals surface area contributed by atoms with Gasteiger partial charge in [0.1, 0.15) is 0 Å². The highest BCUT2D eigenvalue weighted by Gasteiger charge is 2.08. The lowest BCUT2D eigenvalue weighted by Gasteiger charge is -1.94. The SMILES string of the molecule is CS(=O)(=O)NS(C)(=O)=O.c1ccncc1. The molecule has 8 heteroatoms. The van der Waals surface area contributed by atoms with Gasteiger partial charge in [-0.2, -0.15) is 0 Å². The highest BCUT2D eigenvalue weighted by molar-refractivity contribution is 8.04. The number of pyridine rings is 1. The van der Waals surface area contributed by atoms with Crippen LogP contribution in [0.3, 0.4) is 0 Å². The monoisotopic (exact) mass is 252 g/mol. The predicted molar refractivity (Wildman–Crippen MR) is 57.1 cm³/mol. The third kappa shape index (κ3) is 13.0. The maximum absolute atomic E-state index is 10.2. The standard InChI is InChI=1S/C5H5N.C2H7NO4S2/c1-2-4-6-5-3-1;1-8(4,5)3-9(2,6)7/h1-5H;3H,1-2H3. The summed E-state index contributed by atoms with van der Waals surface area (Å²) in [6.07, 6.45) is 5.04. The normalized spacial score (nSPS) is 11.3. The van der Waals surface area contributed by atoms with Crippen LogP contribution in [0.15, 0.2) is 30.6 Å². The van der Waals surface area contributed by atoms with Gasteiger partial charge in [-0.25, -0.2) is 16.8 Å². The van der Waals surface area contributed by atoms with E-state index in [9.17, 15) is 16.8 Å². The second-order valence-electron chi connectivity index (χ2n) is 2.65. The van der Waals surface area contributed by atoms with Gasteiger partial charge in [-0.3, -0.25) is 4.98 Å². The molecule has 0 bridgehead atoms. The molecule has 0 aromatic carbocycles. The minimum Gasteiger partial charge on any atom is -0.265 e.